The molecule has 1 heterocycles. The predicted octanol–water partition coefficient (Wildman–Crippen LogP) is 2.67. The van der Waals surface area contributed by atoms with Crippen LogP contribution in [-0.4, -0.2) is 18.3 Å². The molecule has 1 aromatic carbocycles. The second kappa shape index (κ2) is 5.50. The molecule has 0 spiro atoms. The van der Waals surface area contributed by atoms with E-state index in [4.69, 9.17) is 10.5 Å². The summed E-state index contributed by atoms with van der Waals surface area (Å²) in [5.74, 6) is 1.36. The molecule has 6 heteroatoms. The van der Waals surface area contributed by atoms with Gasteiger partial charge in [-0.25, -0.2) is 4.98 Å². The fraction of sp³-hybridized carbons (Fsp3) is 0.286. The smallest absolute Gasteiger partial charge is 0.205 e. The van der Waals surface area contributed by atoms with E-state index in [-0.39, 0.29) is 0 Å². The minimum atomic E-state index is 0.503. The fourth-order valence-electron chi connectivity index (χ4n) is 2.39. The van der Waals surface area contributed by atoms with E-state index in [1.54, 1.807) is 18.7 Å². The maximum Gasteiger partial charge on any atom is 0.205 e. The molecule has 5 nitrogen and oxygen atoms in total. The SMILES string of the molecule is COc1cc2c(cc1C=NNc1nc(N)cs1)CCC2. The average molecular weight is 288 g/mol. The van der Waals surface area contributed by atoms with Crippen LogP contribution >= 0.6 is 11.3 Å². The number of hydrogen-bond acceptors (Lipinski definition) is 6. The average Bonchev–Trinajstić information content (AvgIpc) is 3.06. The minimum absolute atomic E-state index is 0.503. The fourth-order valence-corrected chi connectivity index (χ4v) is 2.94. The van der Waals surface area contributed by atoms with E-state index in [0.717, 1.165) is 24.2 Å². The molecule has 1 aliphatic carbocycles. The number of anilines is 2. The Kier molecular flexibility index (Phi) is 3.56. The molecule has 0 amide bonds. The molecule has 20 heavy (non-hydrogen) atoms. The number of aryl methyl sites for hydroxylation is 2. The van der Waals surface area contributed by atoms with Crippen molar-refractivity contribution in [2.24, 2.45) is 5.10 Å². The maximum absolute atomic E-state index is 5.56. The quantitative estimate of drug-likeness (QED) is 0.670. The summed E-state index contributed by atoms with van der Waals surface area (Å²) in [6.45, 7) is 0. The lowest BCUT2D eigenvalue weighted by molar-refractivity contribution is 0.413. The van der Waals surface area contributed by atoms with Crippen LogP contribution in [-0.2, 0) is 12.8 Å². The van der Waals surface area contributed by atoms with Crippen molar-refractivity contribution in [2.45, 2.75) is 19.3 Å². The third kappa shape index (κ3) is 2.60. The number of benzene rings is 1. The number of fused-ring (bicyclic) bond motifs is 1. The van der Waals surface area contributed by atoms with E-state index in [9.17, 15) is 0 Å². The molecule has 0 bridgehead atoms. The van der Waals surface area contributed by atoms with Gasteiger partial charge in [0.1, 0.15) is 11.6 Å². The van der Waals surface area contributed by atoms with Gasteiger partial charge in [-0.1, -0.05) is 0 Å². The molecule has 0 aliphatic heterocycles. The lowest BCUT2D eigenvalue weighted by Gasteiger charge is -2.08. The summed E-state index contributed by atoms with van der Waals surface area (Å²) in [6.07, 6.45) is 5.25. The van der Waals surface area contributed by atoms with Crippen LogP contribution in [0, 0.1) is 0 Å². The first-order valence-electron chi connectivity index (χ1n) is 6.46. The Morgan fingerprint density at radius 1 is 1.40 bits per heavy atom. The van der Waals surface area contributed by atoms with Crippen molar-refractivity contribution in [1.82, 2.24) is 4.98 Å². The molecule has 3 rings (SSSR count). The molecule has 3 N–H and O–H groups in total. The first-order chi connectivity index (χ1) is 9.76. The van der Waals surface area contributed by atoms with E-state index in [2.05, 4.69) is 27.6 Å². The van der Waals surface area contributed by atoms with Crippen LogP contribution in [0.15, 0.2) is 22.6 Å². The molecule has 0 fully saturated rings. The van der Waals surface area contributed by atoms with Crippen LogP contribution in [0.2, 0.25) is 0 Å². The van der Waals surface area contributed by atoms with Crippen molar-refractivity contribution in [3.8, 4) is 5.75 Å². The lowest BCUT2D eigenvalue weighted by Crippen LogP contribution is -1.96. The zero-order valence-electron chi connectivity index (χ0n) is 11.2. The van der Waals surface area contributed by atoms with Crippen molar-refractivity contribution < 1.29 is 4.74 Å². The van der Waals surface area contributed by atoms with Gasteiger partial charge < -0.3 is 10.5 Å². The molecule has 0 radical (unpaired) electrons. The van der Waals surface area contributed by atoms with Crippen molar-refractivity contribution in [2.75, 3.05) is 18.3 Å². The van der Waals surface area contributed by atoms with Crippen LogP contribution < -0.4 is 15.9 Å². The third-order valence-electron chi connectivity index (χ3n) is 3.33. The molecular weight excluding hydrogens is 272 g/mol. The number of hydrazone groups is 1. The van der Waals surface area contributed by atoms with Gasteiger partial charge >= 0.3 is 0 Å². The Morgan fingerprint density at radius 2 is 2.20 bits per heavy atom. The Bertz CT molecular complexity index is 651. The number of nitrogens with zero attached hydrogens (tertiary/aromatic N) is 2. The summed E-state index contributed by atoms with van der Waals surface area (Å²) in [5, 5.41) is 6.65. The van der Waals surface area contributed by atoms with Gasteiger partial charge in [0.15, 0.2) is 0 Å². The summed E-state index contributed by atoms with van der Waals surface area (Å²) in [7, 11) is 1.68. The second-order valence-electron chi connectivity index (χ2n) is 4.66. The number of hydrogen-bond donors (Lipinski definition) is 2. The van der Waals surface area contributed by atoms with Crippen LogP contribution in [0.4, 0.5) is 10.9 Å². The molecule has 0 saturated carbocycles. The summed E-state index contributed by atoms with van der Waals surface area (Å²) in [6, 6.07) is 4.27. The van der Waals surface area contributed by atoms with Gasteiger partial charge in [0.2, 0.25) is 5.13 Å². The van der Waals surface area contributed by atoms with E-state index < -0.39 is 0 Å². The van der Waals surface area contributed by atoms with Gasteiger partial charge in [-0.3, -0.25) is 5.43 Å². The number of aromatic nitrogens is 1. The normalized spacial score (nSPS) is 13.7. The number of nitrogen functional groups attached to an aromatic ring is 1. The Balaban J connectivity index is 1.79. The van der Waals surface area contributed by atoms with E-state index in [1.165, 1.54) is 28.9 Å². The zero-order chi connectivity index (χ0) is 13.9. The monoisotopic (exact) mass is 288 g/mol. The highest BCUT2D eigenvalue weighted by atomic mass is 32.1. The van der Waals surface area contributed by atoms with Gasteiger partial charge in [-0.2, -0.15) is 5.10 Å². The summed E-state index contributed by atoms with van der Waals surface area (Å²) >= 11 is 1.42. The molecular formula is C14H16N4OS. The van der Waals surface area contributed by atoms with Crippen molar-refractivity contribution in [3.05, 3.63) is 34.2 Å². The third-order valence-corrected chi connectivity index (χ3v) is 4.10. The van der Waals surface area contributed by atoms with Gasteiger partial charge in [-0.15, -0.1) is 11.3 Å². The summed E-state index contributed by atoms with van der Waals surface area (Å²) < 4.78 is 5.43. The molecule has 0 unspecified atom stereocenters. The molecule has 104 valence electrons. The Labute approximate surface area is 121 Å². The van der Waals surface area contributed by atoms with E-state index in [0.29, 0.717) is 10.9 Å². The number of nitrogens with one attached hydrogen (secondary N) is 1. The first kappa shape index (κ1) is 12.9. The molecule has 0 saturated heterocycles. The van der Waals surface area contributed by atoms with Gasteiger partial charge in [0.25, 0.3) is 0 Å². The van der Waals surface area contributed by atoms with Gasteiger partial charge in [0, 0.05) is 10.9 Å². The standard InChI is InChI=1S/C14H16N4OS/c1-19-12-6-10-4-2-3-9(10)5-11(12)7-16-18-14-17-13(15)8-20-14/h5-8H,2-4,15H2,1H3,(H,17,18). The number of ether oxygens (including phenoxy) is 1. The van der Waals surface area contributed by atoms with Crippen molar-refractivity contribution >= 4 is 28.5 Å². The van der Waals surface area contributed by atoms with Crippen molar-refractivity contribution in [1.29, 1.82) is 0 Å². The summed E-state index contributed by atoms with van der Waals surface area (Å²) in [5.41, 5.74) is 12.2. The highest BCUT2D eigenvalue weighted by molar-refractivity contribution is 7.14. The van der Waals surface area contributed by atoms with Crippen LogP contribution in [0.3, 0.4) is 0 Å². The van der Waals surface area contributed by atoms with Crippen LogP contribution in [0.1, 0.15) is 23.1 Å². The van der Waals surface area contributed by atoms with E-state index >= 15 is 0 Å². The van der Waals surface area contributed by atoms with Gasteiger partial charge in [0.05, 0.1) is 13.3 Å². The molecule has 0 atom stereocenters. The Morgan fingerprint density at radius 3 is 2.90 bits per heavy atom. The van der Waals surface area contributed by atoms with Crippen LogP contribution in [0.25, 0.3) is 0 Å². The highest BCUT2D eigenvalue weighted by Gasteiger charge is 2.14. The number of rotatable bonds is 4. The van der Waals surface area contributed by atoms with Crippen LogP contribution in [0.5, 0.6) is 5.75 Å². The number of thiazole rings is 1. The lowest BCUT2D eigenvalue weighted by atomic mass is 10.1. The first-order valence-corrected chi connectivity index (χ1v) is 7.34. The molecule has 2 aromatic rings. The largest absolute Gasteiger partial charge is 0.496 e. The number of nitrogens with two attached hydrogens (primary N) is 1. The van der Waals surface area contributed by atoms with Gasteiger partial charge in [-0.05, 0) is 42.5 Å². The zero-order valence-corrected chi connectivity index (χ0v) is 12.0. The molecule has 1 aliphatic rings. The minimum Gasteiger partial charge on any atom is -0.496 e. The number of methoxy groups -OCH3 is 1. The van der Waals surface area contributed by atoms with Crippen molar-refractivity contribution in [3.63, 3.8) is 0 Å². The maximum atomic E-state index is 5.56. The second-order valence-corrected chi connectivity index (χ2v) is 5.52. The molecule has 1 aromatic heterocycles. The Hall–Kier alpha value is -2.08. The highest BCUT2D eigenvalue weighted by Crippen LogP contribution is 2.29. The summed E-state index contributed by atoms with van der Waals surface area (Å²) in [4.78, 5) is 4.08. The van der Waals surface area contributed by atoms with E-state index in [1.807, 2.05) is 0 Å². The predicted molar refractivity (Wildman–Crippen MR) is 82.8 cm³/mol. The topological polar surface area (TPSA) is 72.5 Å².